The van der Waals surface area contributed by atoms with Crippen LogP contribution < -0.4 is 10.2 Å². The van der Waals surface area contributed by atoms with E-state index in [2.05, 4.69) is 27.3 Å². The minimum atomic E-state index is -0.170. The van der Waals surface area contributed by atoms with Crippen molar-refractivity contribution in [2.24, 2.45) is 0 Å². The molecule has 2 fully saturated rings. The van der Waals surface area contributed by atoms with Gasteiger partial charge >= 0.3 is 6.01 Å². The quantitative estimate of drug-likeness (QED) is 0.854. The molecule has 3 rings (SSSR count). The van der Waals surface area contributed by atoms with E-state index in [1.165, 1.54) is 0 Å². The second-order valence-electron chi connectivity index (χ2n) is 5.62. The Hall–Kier alpha value is -1.14. The largest absolute Gasteiger partial charge is 0.406 e. The van der Waals surface area contributed by atoms with Crippen LogP contribution in [0.2, 0.25) is 0 Å². The average Bonchev–Trinajstić information content (AvgIpc) is 2.93. The van der Waals surface area contributed by atoms with Gasteiger partial charge in [0.2, 0.25) is 5.89 Å². The van der Waals surface area contributed by atoms with Crippen LogP contribution in [0.3, 0.4) is 0 Å². The number of aliphatic hydroxyl groups is 1. The monoisotopic (exact) mass is 266 g/mol. The molecule has 1 aromatic heterocycles. The normalized spacial score (nSPS) is 31.7. The number of anilines is 1. The summed E-state index contributed by atoms with van der Waals surface area (Å²) < 4.78 is 5.81. The molecule has 19 heavy (non-hydrogen) atoms. The molecule has 2 aliphatic rings. The topological polar surface area (TPSA) is 74.4 Å². The lowest BCUT2D eigenvalue weighted by Crippen LogP contribution is -2.45. The number of piperidine rings is 1. The summed E-state index contributed by atoms with van der Waals surface area (Å²) in [5.41, 5.74) is 0. The molecule has 3 unspecified atom stereocenters. The molecule has 0 aliphatic carbocycles. The molecule has 0 spiro atoms. The van der Waals surface area contributed by atoms with E-state index >= 15 is 0 Å². The van der Waals surface area contributed by atoms with E-state index in [0.29, 0.717) is 24.0 Å². The van der Waals surface area contributed by atoms with Crippen molar-refractivity contribution in [3.63, 3.8) is 0 Å². The summed E-state index contributed by atoms with van der Waals surface area (Å²) in [6.45, 7) is 4.95. The van der Waals surface area contributed by atoms with Crippen molar-refractivity contribution >= 4 is 6.01 Å². The molecule has 2 saturated heterocycles. The van der Waals surface area contributed by atoms with Crippen LogP contribution in [0, 0.1) is 0 Å². The van der Waals surface area contributed by atoms with Gasteiger partial charge in [0.1, 0.15) is 0 Å². The van der Waals surface area contributed by atoms with E-state index in [4.69, 9.17) is 4.42 Å². The van der Waals surface area contributed by atoms with Gasteiger partial charge in [0.05, 0.1) is 12.1 Å². The van der Waals surface area contributed by atoms with Crippen molar-refractivity contribution in [2.75, 3.05) is 11.4 Å². The van der Waals surface area contributed by atoms with Crippen LogP contribution in [-0.4, -0.2) is 40.0 Å². The molecule has 6 nitrogen and oxygen atoms in total. The molecule has 2 bridgehead atoms. The number of hydrogen-bond acceptors (Lipinski definition) is 6. The summed E-state index contributed by atoms with van der Waals surface area (Å²) in [5, 5.41) is 21.4. The minimum absolute atomic E-state index is 0.0827. The number of rotatable bonds is 4. The lowest BCUT2D eigenvalue weighted by Gasteiger charge is -2.35. The first-order valence-corrected chi connectivity index (χ1v) is 7.22. The smallest absolute Gasteiger partial charge is 0.318 e. The third-order valence-electron chi connectivity index (χ3n) is 4.24. The molecule has 0 amide bonds. The zero-order valence-electron chi connectivity index (χ0n) is 11.5. The highest BCUT2D eigenvalue weighted by Crippen LogP contribution is 2.38. The zero-order valence-corrected chi connectivity index (χ0v) is 11.5. The SMILES string of the molecule is CCNC(C)c1nnc(N2C3CCC2CC(O)C3)o1. The van der Waals surface area contributed by atoms with Gasteiger partial charge in [-0.3, -0.25) is 0 Å². The third-order valence-corrected chi connectivity index (χ3v) is 4.24. The van der Waals surface area contributed by atoms with Gasteiger partial charge in [0.25, 0.3) is 0 Å². The molecular formula is C13H22N4O2. The van der Waals surface area contributed by atoms with Gasteiger partial charge in [-0.2, -0.15) is 0 Å². The third kappa shape index (κ3) is 2.34. The molecular weight excluding hydrogens is 244 g/mol. The van der Waals surface area contributed by atoms with Crippen LogP contribution in [-0.2, 0) is 0 Å². The lowest BCUT2D eigenvalue weighted by molar-refractivity contribution is 0.124. The van der Waals surface area contributed by atoms with Crippen LogP contribution in [0.15, 0.2) is 4.42 Å². The Balaban J connectivity index is 1.76. The summed E-state index contributed by atoms with van der Waals surface area (Å²) in [4.78, 5) is 2.22. The molecule has 1 aromatic rings. The number of nitrogens with one attached hydrogen (secondary N) is 1. The van der Waals surface area contributed by atoms with E-state index in [-0.39, 0.29) is 12.1 Å². The first-order chi connectivity index (χ1) is 9.19. The number of fused-ring (bicyclic) bond motifs is 2. The van der Waals surface area contributed by atoms with Gasteiger partial charge in [-0.1, -0.05) is 12.0 Å². The fraction of sp³-hybridized carbons (Fsp3) is 0.846. The fourth-order valence-electron chi connectivity index (χ4n) is 3.36. The number of hydrogen-bond donors (Lipinski definition) is 2. The van der Waals surface area contributed by atoms with Crippen LogP contribution in [0.4, 0.5) is 6.01 Å². The zero-order chi connectivity index (χ0) is 13.4. The second-order valence-corrected chi connectivity index (χ2v) is 5.62. The number of aromatic nitrogens is 2. The summed E-state index contributed by atoms with van der Waals surface area (Å²) in [6.07, 6.45) is 3.69. The molecule has 0 radical (unpaired) electrons. The van der Waals surface area contributed by atoms with Crippen molar-refractivity contribution in [1.29, 1.82) is 0 Å². The molecule has 0 saturated carbocycles. The maximum atomic E-state index is 9.81. The van der Waals surface area contributed by atoms with E-state index in [0.717, 1.165) is 32.2 Å². The summed E-state index contributed by atoms with van der Waals surface area (Å²) >= 11 is 0. The summed E-state index contributed by atoms with van der Waals surface area (Å²) in [7, 11) is 0. The van der Waals surface area contributed by atoms with Gasteiger partial charge in [-0.05, 0) is 39.2 Å². The van der Waals surface area contributed by atoms with Crippen molar-refractivity contribution in [3.05, 3.63) is 5.89 Å². The van der Waals surface area contributed by atoms with Gasteiger partial charge in [0.15, 0.2) is 0 Å². The summed E-state index contributed by atoms with van der Waals surface area (Å²) in [5.74, 6) is 0.641. The Kier molecular flexibility index (Phi) is 3.45. The van der Waals surface area contributed by atoms with Crippen LogP contribution in [0.25, 0.3) is 0 Å². The number of nitrogens with zero attached hydrogens (tertiary/aromatic N) is 3. The Bertz CT molecular complexity index is 422. The van der Waals surface area contributed by atoms with Crippen molar-refractivity contribution in [1.82, 2.24) is 15.5 Å². The molecule has 106 valence electrons. The molecule has 6 heteroatoms. The Labute approximate surface area is 113 Å². The van der Waals surface area contributed by atoms with Gasteiger partial charge < -0.3 is 19.7 Å². The summed E-state index contributed by atoms with van der Waals surface area (Å²) in [6, 6.07) is 1.42. The van der Waals surface area contributed by atoms with Crippen molar-refractivity contribution in [2.45, 2.75) is 63.8 Å². The van der Waals surface area contributed by atoms with E-state index in [1.54, 1.807) is 0 Å². The standard InChI is InChI=1S/C13H22N4O2/c1-3-14-8(2)12-15-16-13(19-12)17-9-4-5-10(17)7-11(18)6-9/h8-11,14,18H,3-7H2,1-2H3. The molecule has 2 N–H and O–H groups in total. The highest BCUT2D eigenvalue weighted by molar-refractivity contribution is 5.33. The van der Waals surface area contributed by atoms with Crippen LogP contribution in [0.1, 0.15) is 51.5 Å². The van der Waals surface area contributed by atoms with E-state index in [9.17, 15) is 5.11 Å². The van der Waals surface area contributed by atoms with E-state index in [1.807, 2.05) is 6.92 Å². The molecule has 2 aliphatic heterocycles. The molecule has 0 aromatic carbocycles. The lowest BCUT2D eigenvalue weighted by atomic mass is 10.0. The predicted molar refractivity (Wildman–Crippen MR) is 70.9 cm³/mol. The first-order valence-electron chi connectivity index (χ1n) is 7.22. The van der Waals surface area contributed by atoms with Crippen molar-refractivity contribution < 1.29 is 9.52 Å². The first kappa shape index (κ1) is 12.9. The fourth-order valence-corrected chi connectivity index (χ4v) is 3.36. The highest BCUT2D eigenvalue weighted by atomic mass is 16.4. The Morgan fingerprint density at radius 1 is 1.37 bits per heavy atom. The predicted octanol–water partition coefficient (Wildman–Crippen LogP) is 1.23. The average molecular weight is 266 g/mol. The highest BCUT2D eigenvalue weighted by Gasteiger charge is 2.42. The van der Waals surface area contributed by atoms with Crippen molar-refractivity contribution in [3.8, 4) is 0 Å². The van der Waals surface area contributed by atoms with Crippen LogP contribution in [0.5, 0.6) is 0 Å². The van der Waals surface area contributed by atoms with Crippen LogP contribution >= 0.6 is 0 Å². The van der Waals surface area contributed by atoms with Gasteiger partial charge in [0, 0.05) is 12.1 Å². The van der Waals surface area contributed by atoms with E-state index < -0.39 is 0 Å². The Morgan fingerprint density at radius 2 is 2.05 bits per heavy atom. The maximum Gasteiger partial charge on any atom is 0.318 e. The second kappa shape index (κ2) is 5.09. The van der Waals surface area contributed by atoms with Gasteiger partial charge in [-0.15, -0.1) is 5.10 Å². The van der Waals surface area contributed by atoms with Gasteiger partial charge in [-0.25, -0.2) is 0 Å². The molecule has 3 heterocycles. The molecule has 3 atom stereocenters. The Morgan fingerprint density at radius 3 is 2.68 bits per heavy atom. The minimum Gasteiger partial charge on any atom is -0.406 e. The maximum absolute atomic E-state index is 9.81. The number of aliphatic hydroxyl groups excluding tert-OH is 1.